The number of rotatable bonds is 3. The van der Waals surface area contributed by atoms with E-state index >= 15 is 0 Å². The van der Waals surface area contributed by atoms with E-state index in [4.69, 9.17) is 4.74 Å². The fraction of sp³-hybridized carbons (Fsp3) is 0.727. The minimum absolute atomic E-state index is 0.505. The number of β-lactam (4-membered cyclic amide) rings is 1. The topological polar surface area (TPSA) is 116 Å². The predicted molar refractivity (Wildman–Crippen MR) is 74.6 cm³/mol. The van der Waals surface area contributed by atoms with Gasteiger partial charge in [-0.05, 0) is 13.8 Å². The van der Waals surface area contributed by atoms with Gasteiger partial charge in [-0.1, -0.05) is 15.9 Å². The van der Waals surface area contributed by atoms with Crippen molar-refractivity contribution in [2.75, 3.05) is 13.9 Å². The number of nitrogens with zero attached hydrogens (tertiary/aromatic N) is 1. The van der Waals surface area contributed by atoms with Crippen LogP contribution in [0.2, 0.25) is 0 Å². The van der Waals surface area contributed by atoms with Crippen LogP contribution in [-0.2, 0) is 33.6 Å². The molecule has 9 nitrogen and oxygen atoms in total. The molecule has 2 fully saturated rings. The highest BCUT2D eigenvalue weighted by molar-refractivity contribution is 9.10. The van der Waals surface area contributed by atoms with Crippen molar-refractivity contribution in [3.05, 3.63) is 0 Å². The molecule has 0 radical (unpaired) electrons. The van der Waals surface area contributed by atoms with Gasteiger partial charge in [-0.15, -0.1) is 0 Å². The molecule has 124 valence electrons. The molecule has 0 unspecified atom stereocenters. The smallest absolute Gasteiger partial charge is 0.438 e. The number of fused-ring (bicyclic) bond motifs is 1. The Morgan fingerprint density at radius 1 is 1.32 bits per heavy atom. The maximum atomic E-state index is 12.4. The number of amides is 1. The minimum Gasteiger partial charge on any atom is -0.438 e. The van der Waals surface area contributed by atoms with E-state index in [1.54, 1.807) is 0 Å². The molecule has 0 saturated carbocycles. The molecule has 11 heteroatoms. The van der Waals surface area contributed by atoms with Crippen LogP contribution >= 0.6 is 15.9 Å². The first kappa shape index (κ1) is 17.0. The molecule has 3 atom stereocenters. The third-order valence-corrected chi connectivity index (χ3v) is 7.84. The molecule has 2 rings (SSSR count). The van der Waals surface area contributed by atoms with Gasteiger partial charge < -0.3 is 19.1 Å². The lowest BCUT2D eigenvalue weighted by molar-refractivity contribution is -0.167. The molecule has 0 aromatic rings. The van der Waals surface area contributed by atoms with Gasteiger partial charge in [0.2, 0.25) is 12.7 Å². The van der Waals surface area contributed by atoms with Crippen molar-refractivity contribution in [2.24, 2.45) is 0 Å². The Morgan fingerprint density at radius 3 is 2.45 bits per heavy atom. The van der Waals surface area contributed by atoms with Gasteiger partial charge >= 0.3 is 12.1 Å². The van der Waals surface area contributed by atoms with Crippen LogP contribution in [0.3, 0.4) is 0 Å². The van der Waals surface area contributed by atoms with Crippen molar-refractivity contribution in [1.82, 2.24) is 4.90 Å². The standard InChI is InChI=1S/C11H14BrNO8S/c1-11(2)6(9(15)20-4-21-10(16)19-3)13-7(14)5(12)8(13)22(11,17)18/h5-6,8H,4H2,1-3H3/t5-,6-,8+/m0/s1. The van der Waals surface area contributed by atoms with E-state index in [0.717, 1.165) is 12.0 Å². The lowest BCUT2D eigenvalue weighted by Gasteiger charge is -2.40. The van der Waals surface area contributed by atoms with Crippen LogP contribution in [-0.4, -0.2) is 66.2 Å². The molecule has 2 aliphatic rings. The van der Waals surface area contributed by atoms with Gasteiger partial charge in [-0.25, -0.2) is 18.0 Å². The van der Waals surface area contributed by atoms with Crippen LogP contribution in [0.15, 0.2) is 0 Å². The number of sulfone groups is 1. The van der Waals surface area contributed by atoms with E-state index in [1.165, 1.54) is 13.8 Å². The summed E-state index contributed by atoms with van der Waals surface area (Å²) < 4.78 is 36.7. The van der Waals surface area contributed by atoms with Crippen molar-refractivity contribution in [1.29, 1.82) is 0 Å². The molecule has 2 aliphatic heterocycles. The number of methoxy groups -OCH3 is 1. The predicted octanol–water partition coefficient (Wildman–Crippen LogP) is -0.223. The van der Waals surface area contributed by atoms with E-state index in [9.17, 15) is 22.8 Å². The van der Waals surface area contributed by atoms with Gasteiger partial charge in [-0.3, -0.25) is 4.79 Å². The molecular formula is C11H14BrNO8S. The molecule has 2 saturated heterocycles. The highest BCUT2D eigenvalue weighted by atomic mass is 79.9. The quantitative estimate of drug-likeness (QED) is 0.276. The largest absolute Gasteiger partial charge is 0.510 e. The number of halogens is 1. The van der Waals surface area contributed by atoms with Gasteiger partial charge in [0, 0.05) is 0 Å². The Morgan fingerprint density at radius 2 is 1.91 bits per heavy atom. The summed E-state index contributed by atoms with van der Waals surface area (Å²) in [5.41, 5.74) is 0. The SMILES string of the molecule is COC(=O)OCOC(=O)[C@@H]1N2C(=O)[C@H](Br)[C@H]2S(=O)(=O)C1(C)C. The maximum absolute atomic E-state index is 12.4. The van der Waals surface area contributed by atoms with Gasteiger partial charge in [0.1, 0.15) is 15.6 Å². The van der Waals surface area contributed by atoms with E-state index < -0.39 is 55.7 Å². The molecule has 0 spiro atoms. The molecule has 0 aromatic carbocycles. The number of alkyl halides is 1. The number of hydrogen-bond donors (Lipinski definition) is 0. The summed E-state index contributed by atoms with van der Waals surface area (Å²) in [7, 11) is -2.68. The van der Waals surface area contributed by atoms with Crippen molar-refractivity contribution in [3.8, 4) is 0 Å². The van der Waals surface area contributed by atoms with Gasteiger partial charge in [-0.2, -0.15) is 0 Å². The third kappa shape index (κ3) is 2.18. The van der Waals surface area contributed by atoms with E-state index in [1.807, 2.05) is 0 Å². The first-order chi connectivity index (χ1) is 10.1. The molecule has 0 N–H and O–H groups in total. The summed E-state index contributed by atoms with van der Waals surface area (Å²) in [6, 6.07) is -1.30. The van der Waals surface area contributed by atoms with Crippen LogP contribution in [0.5, 0.6) is 0 Å². The first-order valence-corrected chi connectivity index (χ1v) is 8.60. The molecule has 0 aromatic heterocycles. The van der Waals surface area contributed by atoms with Crippen LogP contribution < -0.4 is 0 Å². The van der Waals surface area contributed by atoms with Crippen molar-refractivity contribution >= 4 is 43.8 Å². The van der Waals surface area contributed by atoms with Gasteiger partial charge in [0.25, 0.3) is 0 Å². The van der Waals surface area contributed by atoms with Crippen molar-refractivity contribution < 1.29 is 37.0 Å². The molecular weight excluding hydrogens is 386 g/mol. The zero-order valence-electron chi connectivity index (χ0n) is 11.9. The highest BCUT2D eigenvalue weighted by Gasteiger charge is 2.71. The second-order valence-corrected chi connectivity index (χ2v) is 8.88. The van der Waals surface area contributed by atoms with E-state index in [2.05, 4.69) is 25.4 Å². The molecule has 0 aliphatic carbocycles. The average molecular weight is 400 g/mol. The lowest BCUT2D eigenvalue weighted by Crippen LogP contribution is -2.64. The Bertz CT molecular complexity index is 630. The number of carbonyl (C=O) groups excluding carboxylic acids is 3. The summed E-state index contributed by atoms with van der Waals surface area (Å²) in [6.45, 7) is 1.96. The third-order valence-electron chi connectivity index (χ3n) is 3.77. The zero-order chi connectivity index (χ0) is 16.9. The lowest BCUT2D eigenvalue weighted by atomic mass is 9.98. The van der Waals surface area contributed by atoms with Crippen LogP contribution in [0.1, 0.15) is 13.8 Å². The average Bonchev–Trinajstić information content (AvgIpc) is 2.59. The summed E-state index contributed by atoms with van der Waals surface area (Å²) in [5, 5.41) is -1.10. The van der Waals surface area contributed by atoms with E-state index in [0.29, 0.717) is 0 Å². The highest BCUT2D eigenvalue weighted by Crippen LogP contribution is 2.48. The van der Waals surface area contributed by atoms with Crippen molar-refractivity contribution in [3.63, 3.8) is 0 Å². The summed E-state index contributed by atoms with van der Waals surface area (Å²) >= 11 is 3.01. The zero-order valence-corrected chi connectivity index (χ0v) is 14.3. The number of carbonyl (C=O) groups is 3. The van der Waals surface area contributed by atoms with Crippen molar-refractivity contribution in [2.45, 2.75) is 34.8 Å². The Kier molecular flexibility index (Phi) is 4.15. The first-order valence-electron chi connectivity index (χ1n) is 6.14. The van der Waals surface area contributed by atoms with Crippen LogP contribution in [0, 0.1) is 0 Å². The minimum atomic E-state index is -3.76. The number of ether oxygens (including phenoxy) is 3. The summed E-state index contributed by atoms with van der Waals surface area (Å²) in [5.74, 6) is -1.47. The van der Waals surface area contributed by atoms with Crippen LogP contribution in [0.4, 0.5) is 4.79 Å². The van der Waals surface area contributed by atoms with E-state index in [-0.39, 0.29) is 0 Å². The molecule has 0 bridgehead atoms. The normalized spacial score (nSPS) is 31.0. The van der Waals surface area contributed by atoms with Crippen LogP contribution in [0.25, 0.3) is 0 Å². The maximum Gasteiger partial charge on any atom is 0.510 e. The number of esters is 1. The number of hydrogen-bond acceptors (Lipinski definition) is 8. The summed E-state index contributed by atoms with van der Waals surface area (Å²) in [4.78, 5) is 34.9. The van der Waals surface area contributed by atoms with Gasteiger partial charge in [0.15, 0.2) is 15.2 Å². The molecule has 2 heterocycles. The fourth-order valence-corrected chi connectivity index (χ4v) is 5.94. The molecule has 22 heavy (non-hydrogen) atoms. The second-order valence-electron chi connectivity index (χ2n) is 5.27. The fourth-order valence-electron chi connectivity index (χ4n) is 2.50. The molecule has 1 amide bonds. The Balaban J connectivity index is 2.18. The van der Waals surface area contributed by atoms with Gasteiger partial charge in [0.05, 0.1) is 7.11 Å². The monoisotopic (exact) mass is 399 g/mol. The second kappa shape index (κ2) is 5.37. The Labute approximate surface area is 134 Å². The summed E-state index contributed by atoms with van der Waals surface area (Å²) in [6.07, 6.45) is -1.05. The Hall–Kier alpha value is -1.36.